The largest absolute Gasteiger partial charge is 0.435 e. The first-order valence-corrected chi connectivity index (χ1v) is 7.24. The molecule has 0 fully saturated rings. The minimum absolute atomic E-state index is 0.0240. The highest BCUT2D eigenvalue weighted by Crippen LogP contribution is 2.32. The van der Waals surface area contributed by atoms with Gasteiger partial charge in [0.1, 0.15) is 5.82 Å². The Kier molecular flexibility index (Phi) is 3.75. The van der Waals surface area contributed by atoms with Crippen molar-refractivity contribution in [2.75, 3.05) is 5.73 Å². The lowest BCUT2D eigenvalue weighted by Gasteiger charge is -2.08. The number of rotatable bonds is 4. The van der Waals surface area contributed by atoms with Crippen LogP contribution in [0.25, 0.3) is 5.65 Å². The Bertz CT molecular complexity index is 831. The molecule has 23 heavy (non-hydrogen) atoms. The Hall–Kier alpha value is -2.51. The van der Waals surface area contributed by atoms with E-state index in [0.29, 0.717) is 0 Å². The van der Waals surface area contributed by atoms with Gasteiger partial charge in [-0.2, -0.15) is 13.2 Å². The summed E-state index contributed by atoms with van der Waals surface area (Å²) >= 11 is 0. The second-order valence-corrected chi connectivity index (χ2v) is 5.38. The molecule has 3 aromatic heterocycles. The Morgan fingerprint density at radius 3 is 2.70 bits per heavy atom. The van der Waals surface area contributed by atoms with Crippen LogP contribution in [0.4, 0.5) is 19.0 Å². The van der Waals surface area contributed by atoms with Gasteiger partial charge in [-0.15, -0.1) is 5.10 Å². The van der Waals surface area contributed by atoms with Crippen LogP contribution in [0.2, 0.25) is 0 Å². The number of aromatic nitrogens is 4. The number of nitrogens with two attached hydrogens (primary N) is 1. The van der Waals surface area contributed by atoms with Crippen molar-refractivity contribution in [2.45, 2.75) is 32.5 Å². The van der Waals surface area contributed by atoms with Gasteiger partial charge >= 0.3 is 6.18 Å². The molecule has 0 atom stereocenters. The fourth-order valence-electron chi connectivity index (χ4n) is 2.56. The monoisotopic (exact) mass is 323 g/mol. The predicted molar refractivity (Wildman–Crippen MR) is 79.9 cm³/mol. The Labute approximate surface area is 130 Å². The van der Waals surface area contributed by atoms with E-state index in [1.165, 1.54) is 12.1 Å². The van der Waals surface area contributed by atoms with Crippen molar-refractivity contribution in [1.82, 2.24) is 19.2 Å². The molecule has 0 aliphatic heterocycles. The average molecular weight is 323 g/mol. The standard InChI is InChI=1S/C15H16F3N5/c1-2-3-10-6-7-22(8-10)9-11-14(15(16,17)18)20-13-5-4-12(19)21-23(11)13/h4-8H,2-3,9H2,1H3,(H2,19,21). The van der Waals surface area contributed by atoms with Crippen LogP contribution in [0.5, 0.6) is 0 Å². The molecule has 0 aromatic carbocycles. The van der Waals surface area contributed by atoms with Crippen LogP contribution in [0.1, 0.15) is 30.3 Å². The van der Waals surface area contributed by atoms with Gasteiger partial charge in [0.25, 0.3) is 0 Å². The van der Waals surface area contributed by atoms with E-state index in [1.54, 1.807) is 10.8 Å². The van der Waals surface area contributed by atoms with E-state index in [0.717, 1.165) is 22.9 Å². The number of halogens is 3. The van der Waals surface area contributed by atoms with Crippen molar-refractivity contribution in [2.24, 2.45) is 0 Å². The topological polar surface area (TPSA) is 61.1 Å². The number of hydrogen-bond donors (Lipinski definition) is 1. The van der Waals surface area contributed by atoms with Crippen molar-refractivity contribution in [3.05, 3.63) is 47.5 Å². The molecule has 0 amide bonds. The van der Waals surface area contributed by atoms with Crippen molar-refractivity contribution in [3.63, 3.8) is 0 Å². The summed E-state index contributed by atoms with van der Waals surface area (Å²) in [5.41, 5.74) is 5.85. The summed E-state index contributed by atoms with van der Waals surface area (Å²) in [6.07, 6.45) is 0.923. The Morgan fingerprint density at radius 1 is 1.22 bits per heavy atom. The van der Waals surface area contributed by atoms with Crippen molar-refractivity contribution in [1.29, 1.82) is 0 Å². The van der Waals surface area contributed by atoms with Crippen molar-refractivity contribution >= 4 is 11.5 Å². The maximum absolute atomic E-state index is 13.3. The smallest absolute Gasteiger partial charge is 0.382 e. The van der Waals surface area contributed by atoms with Gasteiger partial charge in [-0.05, 0) is 30.2 Å². The van der Waals surface area contributed by atoms with Crippen molar-refractivity contribution in [3.8, 4) is 0 Å². The van der Waals surface area contributed by atoms with Gasteiger partial charge in [-0.1, -0.05) is 13.3 Å². The van der Waals surface area contributed by atoms with Crippen LogP contribution >= 0.6 is 0 Å². The van der Waals surface area contributed by atoms with Crippen LogP contribution in [-0.2, 0) is 19.1 Å². The minimum Gasteiger partial charge on any atom is -0.382 e. The third-order valence-corrected chi connectivity index (χ3v) is 3.54. The molecule has 3 aromatic rings. The number of fused-ring (bicyclic) bond motifs is 1. The Morgan fingerprint density at radius 2 is 2.00 bits per heavy atom. The second kappa shape index (κ2) is 5.60. The van der Waals surface area contributed by atoms with Crippen molar-refractivity contribution < 1.29 is 13.2 Å². The summed E-state index contributed by atoms with van der Waals surface area (Å²) in [6.45, 7) is 2.08. The van der Waals surface area contributed by atoms with E-state index in [4.69, 9.17) is 5.73 Å². The lowest BCUT2D eigenvalue weighted by molar-refractivity contribution is -0.141. The molecule has 0 saturated heterocycles. The molecule has 0 saturated carbocycles. The first-order valence-electron chi connectivity index (χ1n) is 7.24. The molecular weight excluding hydrogens is 307 g/mol. The molecule has 3 heterocycles. The Balaban J connectivity index is 2.07. The number of aryl methyl sites for hydroxylation is 1. The molecule has 3 rings (SSSR count). The summed E-state index contributed by atoms with van der Waals surface area (Å²) < 4.78 is 42.7. The molecule has 0 bridgehead atoms. The maximum atomic E-state index is 13.3. The molecule has 0 unspecified atom stereocenters. The summed E-state index contributed by atoms with van der Waals surface area (Å²) in [7, 11) is 0. The van der Waals surface area contributed by atoms with E-state index >= 15 is 0 Å². The van der Waals surface area contributed by atoms with Gasteiger partial charge in [-0.3, -0.25) is 0 Å². The first-order chi connectivity index (χ1) is 10.9. The zero-order valence-corrected chi connectivity index (χ0v) is 12.5. The van der Waals surface area contributed by atoms with Crippen LogP contribution < -0.4 is 5.73 Å². The summed E-state index contributed by atoms with van der Waals surface area (Å²) in [4.78, 5) is 3.67. The van der Waals surface area contributed by atoms with Gasteiger partial charge in [0.05, 0.1) is 12.2 Å². The normalized spacial score (nSPS) is 12.2. The number of nitrogens with zero attached hydrogens (tertiary/aromatic N) is 4. The number of hydrogen-bond acceptors (Lipinski definition) is 3. The fraction of sp³-hybridized carbons (Fsp3) is 0.333. The van der Waals surface area contributed by atoms with Crippen LogP contribution in [0, 0.1) is 0 Å². The van der Waals surface area contributed by atoms with Gasteiger partial charge in [0, 0.05) is 12.4 Å². The van der Waals surface area contributed by atoms with E-state index in [2.05, 4.69) is 17.0 Å². The van der Waals surface area contributed by atoms with Crippen LogP contribution in [0.3, 0.4) is 0 Å². The SMILES string of the molecule is CCCc1ccn(Cc2c(C(F)(F)F)nc3ccc(N)nn23)c1. The van der Waals surface area contributed by atoms with E-state index in [1.807, 2.05) is 12.3 Å². The number of nitrogen functional groups attached to an aromatic ring is 1. The highest BCUT2D eigenvalue weighted by molar-refractivity contribution is 5.46. The van der Waals surface area contributed by atoms with Crippen LogP contribution in [-0.4, -0.2) is 19.2 Å². The highest BCUT2D eigenvalue weighted by Gasteiger charge is 2.38. The maximum Gasteiger partial charge on any atom is 0.435 e. The molecule has 122 valence electrons. The molecule has 5 nitrogen and oxygen atoms in total. The second-order valence-electron chi connectivity index (χ2n) is 5.38. The lowest BCUT2D eigenvalue weighted by Crippen LogP contribution is -2.13. The molecule has 0 aliphatic rings. The van der Waals surface area contributed by atoms with Gasteiger partial charge in [0.15, 0.2) is 11.3 Å². The van der Waals surface area contributed by atoms with E-state index in [-0.39, 0.29) is 23.7 Å². The van der Waals surface area contributed by atoms with Gasteiger partial charge in [0.2, 0.25) is 0 Å². The summed E-state index contributed by atoms with van der Waals surface area (Å²) in [6, 6.07) is 4.77. The summed E-state index contributed by atoms with van der Waals surface area (Å²) in [5, 5.41) is 3.97. The molecule has 0 radical (unpaired) electrons. The number of anilines is 1. The number of alkyl halides is 3. The zero-order valence-electron chi connectivity index (χ0n) is 12.5. The average Bonchev–Trinajstić information content (AvgIpc) is 3.04. The molecule has 0 spiro atoms. The third kappa shape index (κ3) is 3.01. The van der Waals surface area contributed by atoms with Gasteiger partial charge in [-0.25, -0.2) is 9.50 Å². The molecular formula is C15H16F3N5. The quantitative estimate of drug-likeness (QED) is 0.802. The van der Waals surface area contributed by atoms with Crippen LogP contribution in [0.15, 0.2) is 30.6 Å². The lowest BCUT2D eigenvalue weighted by atomic mass is 10.2. The summed E-state index contributed by atoms with van der Waals surface area (Å²) in [5.74, 6) is 0.143. The fourth-order valence-corrected chi connectivity index (χ4v) is 2.56. The third-order valence-electron chi connectivity index (χ3n) is 3.54. The van der Waals surface area contributed by atoms with E-state index in [9.17, 15) is 13.2 Å². The molecule has 2 N–H and O–H groups in total. The molecule has 0 aliphatic carbocycles. The minimum atomic E-state index is -4.54. The van der Waals surface area contributed by atoms with Gasteiger partial charge < -0.3 is 10.3 Å². The predicted octanol–water partition coefficient (Wildman–Crippen LogP) is 3.13. The number of imidazole rings is 1. The molecule has 8 heteroatoms. The highest BCUT2D eigenvalue weighted by atomic mass is 19.4. The van der Waals surface area contributed by atoms with E-state index < -0.39 is 11.9 Å². The zero-order chi connectivity index (χ0) is 16.6. The first kappa shape index (κ1) is 15.4.